The van der Waals surface area contributed by atoms with Crippen molar-refractivity contribution >= 4 is 0 Å². The molecule has 2 aromatic rings. The van der Waals surface area contributed by atoms with Crippen LogP contribution in [0.2, 0.25) is 0 Å². The Hall–Kier alpha value is -1.63. The number of aromatic nitrogens is 1. The van der Waals surface area contributed by atoms with Crippen LogP contribution in [-0.2, 0) is 6.42 Å². The van der Waals surface area contributed by atoms with Gasteiger partial charge in [0.15, 0.2) is 0 Å². The van der Waals surface area contributed by atoms with Crippen LogP contribution in [0.3, 0.4) is 0 Å². The van der Waals surface area contributed by atoms with Crippen molar-refractivity contribution in [3.63, 3.8) is 0 Å². The smallest absolute Gasteiger partial charge is 0.0532 e. The summed E-state index contributed by atoms with van der Waals surface area (Å²) in [5.41, 5.74) is 10.7. The molecule has 1 nitrogen and oxygen atoms in total. The van der Waals surface area contributed by atoms with E-state index in [4.69, 9.17) is 4.98 Å². The molecule has 0 spiro atoms. The van der Waals surface area contributed by atoms with E-state index in [1.54, 1.807) is 0 Å². The number of pyridine rings is 1. The average molecular weight is 223 g/mol. The summed E-state index contributed by atoms with van der Waals surface area (Å²) >= 11 is 0. The second-order valence-corrected chi connectivity index (χ2v) is 5.11. The number of fused-ring (bicyclic) bond motifs is 3. The van der Waals surface area contributed by atoms with Crippen molar-refractivity contribution in [2.24, 2.45) is 0 Å². The molecule has 0 unspecified atom stereocenters. The van der Waals surface area contributed by atoms with Crippen molar-refractivity contribution in [1.82, 2.24) is 4.98 Å². The molecule has 1 heteroatoms. The largest absolute Gasteiger partial charge is 0.257 e. The number of hydrogen-bond acceptors (Lipinski definition) is 1. The van der Waals surface area contributed by atoms with Gasteiger partial charge in [0.05, 0.1) is 5.69 Å². The first kappa shape index (κ1) is 10.5. The zero-order valence-electron chi connectivity index (χ0n) is 10.9. The molecule has 0 aliphatic heterocycles. The van der Waals surface area contributed by atoms with E-state index in [-0.39, 0.29) is 0 Å². The van der Waals surface area contributed by atoms with Crippen molar-refractivity contribution < 1.29 is 0 Å². The minimum atomic E-state index is 0.993. The first-order valence-electron chi connectivity index (χ1n) is 6.14. The van der Waals surface area contributed by atoms with Crippen LogP contribution in [0, 0.1) is 27.7 Å². The van der Waals surface area contributed by atoms with Crippen LogP contribution in [0.4, 0.5) is 0 Å². The van der Waals surface area contributed by atoms with Gasteiger partial charge >= 0.3 is 0 Å². The lowest BCUT2D eigenvalue weighted by Crippen LogP contribution is -1.97. The minimum Gasteiger partial charge on any atom is -0.257 e. The van der Waals surface area contributed by atoms with Gasteiger partial charge in [0.2, 0.25) is 0 Å². The first-order chi connectivity index (χ1) is 8.08. The average Bonchev–Trinajstić information content (AvgIpc) is 2.63. The molecule has 0 N–H and O–H groups in total. The van der Waals surface area contributed by atoms with Gasteiger partial charge in [-0.3, -0.25) is 4.98 Å². The second kappa shape index (κ2) is 3.43. The van der Waals surface area contributed by atoms with Crippen LogP contribution in [0.25, 0.3) is 11.1 Å². The van der Waals surface area contributed by atoms with Gasteiger partial charge in [-0.1, -0.05) is 23.8 Å². The van der Waals surface area contributed by atoms with E-state index < -0.39 is 0 Å². The topological polar surface area (TPSA) is 12.9 Å². The van der Waals surface area contributed by atoms with Gasteiger partial charge in [0.25, 0.3) is 0 Å². The van der Waals surface area contributed by atoms with Crippen molar-refractivity contribution in [1.29, 1.82) is 0 Å². The fourth-order valence-electron chi connectivity index (χ4n) is 2.76. The first-order valence-corrected chi connectivity index (χ1v) is 6.14. The number of aryl methyl sites for hydroxylation is 2. The maximum Gasteiger partial charge on any atom is 0.0532 e. The standard InChI is InChI=1S/C16H17N/c1-9-5-6-13-8-15-16(14(13)7-9)11(3)10(2)12(4)17-15/h5-7H,8H2,1-4H3. The normalized spacial score (nSPS) is 12.5. The molecule has 3 rings (SSSR count). The van der Waals surface area contributed by atoms with E-state index in [1.165, 1.54) is 44.8 Å². The SMILES string of the molecule is Cc1ccc2c(c1)-c1c(nc(C)c(C)c1C)C2. The Kier molecular flexibility index (Phi) is 2.12. The Morgan fingerprint density at radius 3 is 2.53 bits per heavy atom. The summed E-state index contributed by atoms with van der Waals surface area (Å²) in [4.78, 5) is 4.76. The number of hydrogen-bond donors (Lipinski definition) is 0. The van der Waals surface area contributed by atoms with E-state index in [9.17, 15) is 0 Å². The Morgan fingerprint density at radius 1 is 1.00 bits per heavy atom. The summed E-state index contributed by atoms with van der Waals surface area (Å²) in [5.74, 6) is 0. The van der Waals surface area contributed by atoms with Crippen molar-refractivity contribution in [2.45, 2.75) is 34.1 Å². The highest BCUT2D eigenvalue weighted by atomic mass is 14.7. The number of nitrogens with zero attached hydrogens (tertiary/aromatic N) is 1. The molecule has 0 radical (unpaired) electrons. The fraction of sp³-hybridized carbons (Fsp3) is 0.312. The number of rotatable bonds is 0. The lowest BCUT2D eigenvalue weighted by molar-refractivity contribution is 1.04. The highest BCUT2D eigenvalue weighted by Gasteiger charge is 2.23. The Morgan fingerprint density at radius 2 is 1.76 bits per heavy atom. The van der Waals surface area contributed by atoms with Crippen LogP contribution >= 0.6 is 0 Å². The van der Waals surface area contributed by atoms with E-state index in [2.05, 4.69) is 45.9 Å². The maximum absolute atomic E-state index is 4.76. The quantitative estimate of drug-likeness (QED) is 0.563. The summed E-state index contributed by atoms with van der Waals surface area (Å²) < 4.78 is 0. The lowest BCUT2D eigenvalue weighted by atomic mass is 9.97. The van der Waals surface area contributed by atoms with Crippen LogP contribution in [0.1, 0.15) is 33.6 Å². The Labute approximate surface area is 103 Å². The van der Waals surface area contributed by atoms with Gasteiger partial charge in [-0.15, -0.1) is 0 Å². The molecule has 1 aromatic carbocycles. The van der Waals surface area contributed by atoms with Crippen molar-refractivity contribution in [2.75, 3.05) is 0 Å². The van der Waals surface area contributed by atoms with Gasteiger partial charge in [-0.05, 0) is 49.9 Å². The molecule has 0 saturated carbocycles. The van der Waals surface area contributed by atoms with Crippen LogP contribution < -0.4 is 0 Å². The summed E-state index contributed by atoms with van der Waals surface area (Å²) in [6, 6.07) is 6.74. The summed E-state index contributed by atoms with van der Waals surface area (Å²) in [6.07, 6.45) is 0.993. The highest BCUT2D eigenvalue weighted by molar-refractivity contribution is 5.79. The molecule has 0 fully saturated rings. The molecule has 1 aliphatic carbocycles. The predicted molar refractivity (Wildman–Crippen MR) is 71.4 cm³/mol. The van der Waals surface area contributed by atoms with E-state index in [1.807, 2.05) is 0 Å². The van der Waals surface area contributed by atoms with Gasteiger partial charge in [0.1, 0.15) is 0 Å². The van der Waals surface area contributed by atoms with Gasteiger partial charge in [-0.2, -0.15) is 0 Å². The minimum absolute atomic E-state index is 0.993. The second-order valence-electron chi connectivity index (χ2n) is 5.11. The van der Waals surface area contributed by atoms with E-state index >= 15 is 0 Å². The lowest BCUT2D eigenvalue weighted by Gasteiger charge is -2.11. The Bertz CT molecular complexity index is 624. The van der Waals surface area contributed by atoms with Crippen LogP contribution in [0.5, 0.6) is 0 Å². The van der Waals surface area contributed by atoms with E-state index in [0.717, 1.165) is 6.42 Å². The van der Waals surface area contributed by atoms with Crippen molar-refractivity contribution in [3.05, 3.63) is 51.8 Å². The molecule has 1 aliphatic rings. The summed E-state index contributed by atoms with van der Waals surface area (Å²) in [7, 11) is 0. The zero-order valence-corrected chi connectivity index (χ0v) is 10.9. The molecule has 0 atom stereocenters. The van der Waals surface area contributed by atoms with Gasteiger partial charge < -0.3 is 0 Å². The fourth-order valence-corrected chi connectivity index (χ4v) is 2.76. The molecule has 1 heterocycles. The molecule has 86 valence electrons. The van der Waals surface area contributed by atoms with Crippen molar-refractivity contribution in [3.8, 4) is 11.1 Å². The monoisotopic (exact) mass is 223 g/mol. The molecule has 17 heavy (non-hydrogen) atoms. The predicted octanol–water partition coefficient (Wildman–Crippen LogP) is 3.89. The van der Waals surface area contributed by atoms with Crippen LogP contribution in [0.15, 0.2) is 18.2 Å². The molecular formula is C16H17N. The third-order valence-corrected chi connectivity index (χ3v) is 3.96. The van der Waals surface area contributed by atoms with Crippen LogP contribution in [-0.4, -0.2) is 4.98 Å². The highest BCUT2D eigenvalue weighted by Crippen LogP contribution is 2.39. The molecule has 0 saturated heterocycles. The summed E-state index contributed by atoms with van der Waals surface area (Å²) in [5, 5.41) is 0. The Balaban J connectivity index is 2.35. The number of benzene rings is 1. The van der Waals surface area contributed by atoms with E-state index in [0.29, 0.717) is 0 Å². The molecule has 0 bridgehead atoms. The molecular weight excluding hydrogens is 206 g/mol. The zero-order chi connectivity index (χ0) is 12.2. The third-order valence-electron chi connectivity index (χ3n) is 3.96. The van der Waals surface area contributed by atoms with Gasteiger partial charge in [0, 0.05) is 17.7 Å². The third kappa shape index (κ3) is 1.42. The molecule has 1 aromatic heterocycles. The molecule has 0 amide bonds. The van der Waals surface area contributed by atoms with Gasteiger partial charge in [-0.25, -0.2) is 0 Å². The maximum atomic E-state index is 4.76. The summed E-state index contributed by atoms with van der Waals surface area (Å²) in [6.45, 7) is 8.66.